The molecule has 2 rings (SSSR count). The van der Waals surface area contributed by atoms with E-state index in [4.69, 9.17) is 9.15 Å². The Labute approximate surface area is 121 Å². The van der Waals surface area contributed by atoms with Crippen LogP contribution >= 0.6 is 0 Å². The van der Waals surface area contributed by atoms with Crippen molar-refractivity contribution in [3.05, 3.63) is 35.6 Å². The van der Waals surface area contributed by atoms with E-state index in [9.17, 15) is 0 Å². The average Bonchev–Trinajstić information content (AvgIpc) is 2.84. The van der Waals surface area contributed by atoms with Gasteiger partial charge >= 0.3 is 0 Å². The molecule has 0 amide bonds. The van der Waals surface area contributed by atoms with Gasteiger partial charge in [-0.1, -0.05) is 38.5 Å². The lowest BCUT2D eigenvalue weighted by molar-refractivity contribution is 0.133. The Morgan fingerprint density at radius 3 is 2.80 bits per heavy atom. The maximum absolute atomic E-state index is 5.89. The zero-order valence-electron chi connectivity index (χ0n) is 12.6. The first-order valence-corrected chi connectivity index (χ1v) is 7.64. The van der Waals surface area contributed by atoms with Gasteiger partial charge < -0.3 is 14.5 Å². The van der Waals surface area contributed by atoms with Crippen LogP contribution in [0.2, 0.25) is 0 Å². The third-order valence-corrected chi connectivity index (χ3v) is 3.47. The fourth-order valence-corrected chi connectivity index (χ4v) is 2.34. The molecule has 1 heterocycles. The van der Waals surface area contributed by atoms with Gasteiger partial charge in [-0.05, 0) is 12.5 Å². The summed E-state index contributed by atoms with van der Waals surface area (Å²) in [5.74, 6) is 1.09. The van der Waals surface area contributed by atoms with Crippen molar-refractivity contribution < 1.29 is 9.15 Å². The first-order chi connectivity index (χ1) is 9.86. The van der Waals surface area contributed by atoms with Gasteiger partial charge in [-0.25, -0.2) is 0 Å². The van der Waals surface area contributed by atoms with Crippen molar-refractivity contribution >= 4 is 11.0 Å². The van der Waals surface area contributed by atoms with Crippen LogP contribution in [-0.2, 0) is 17.7 Å². The minimum Gasteiger partial charge on any atom is -0.461 e. The molecule has 0 atom stereocenters. The molecule has 0 aliphatic rings. The topological polar surface area (TPSA) is 34.4 Å². The molecule has 20 heavy (non-hydrogen) atoms. The molecule has 3 heteroatoms. The predicted octanol–water partition coefficient (Wildman–Crippen LogP) is 3.90. The fourth-order valence-electron chi connectivity index (χ4n) is 2.34. The summed E-state index contributed by atoms with van der Waals surface area (Å²) >= 11 is 0. The van der Waals surface area contributed by atoms with Gasteiger partial charge in [-0.3, -0.25) is 0 Å². The van der Waals surface area contributed by atoms with E-state index < -0.39 is 0 Å². The highest BCUT2D eigenvalue weighted by Crippen LogP contribution is 2.25. The van der Waals surface area contributed by atoms with Gasteiger partial charge in [0, 0.05) is 37.1 Å². The van der Waals surface area contributed by atoms with Gasteiger partial charge in [0.1, 0.15) is 11.3 Å². The van der Waals surface area contributed by atoms with Crippen molar-refractivity contribution in [3.8, 4) is 0 Å². The number of nitrogens with one attached hydrogen (secondary N) is 1. The van der Waals surface area contributed by atoms with Crippen LogP contribution in [0.3, 0.4) is 0 Å². The number of hydrogen-bond donors (Lipinski definition) is 1. The minimum absolute atomic E-state index is 0.775. The Morgan fingerprint density at radius 1 is 1.15 bits per heavy atom. The molecule has 0 fully saturated rings. The largest absolute Gasteiger partial charge is 0.461 e. The fraction of sp³-hybridized carbons (Fsp3) is 0.529. The molecule has 0 saturated carbocycles. The monoisotopic (exact) mass is 275 g/mol. The second kappa shape index (κ2) is 8.08. The van der Waals surface area contributed by atoms with Crippen LogP contribution in [0.25, 0.3) is 11.0 Å². The summed E-state index contributed by atoms with van der Waals surface area (Å²) in [5, 5.41) is 4.67. The van der Waals surface area contributed by atoms with Gasteiger partial charge in [0.15, 0.2) is 0 Å². The number of ether oxygens (including phenoxy) is 1. The lowest BCUT2D eigenvalue weighted by Gasteiger charge is -2.06. The van der Waals surface area contributed by atoms with E-state index in [0.717, 1.165) is 50.5 Å². The third-order valence-electron chi connectivity index (χ3n) is 3.47. The molecule has 110 valence electrons. The molecule has 1 N–H and O–H groups in total. The van der Waals surface area contributed by atoms with Gasteiger partial charge in [0.2, 0.25) is 0 Å². The van der Waals surface area contributed by atoms with E-state index in [2.05, 4.69) is 31.3 Å². The normalized spacial score (nSPS) is 11.3. The summed E-state index contributed by atoms with van der Waals surface area (Å²) in [6.45, 7) is 7.68. The number of hydrogen-bond acceptors (Lipinski definition) is 3. The molecule has 1 aromatic heterocycles. The Kier molecular flexibility index (Phi) is 6.09. The smallest absolute Gasteiger partial charge is 0.134 e. The predicted molar refractivity (Wildman–Crippen MR) is 83.0 cm³/mol. The minimum atomic E-state index is 0.775. The molecule has 0 spiro atoms. The molecule has 0 aliphatic carbocycles. The standard InChI is InChI=1S/C17H25NO2/c1-3-5-11-19-12-10-18-13-15-14-8-6-7-9-17(14)20-16(15)4-2/h6-9,18H,3-5,10-13H2,1-2H3. The van der Waals surface area contributed by atoms with Crippen LogP contribution in [0.5, 0.6) is 0 Å². The SMILES string of the molecule is CCCCOCCNCc1c(CC)oc2ccccc12. The third kappa shape index (κ3) is 3.84. The van der Waals surface area contributed by atoms with E-state index in [1.54, 1.807) is 0 Å². The zero-order valence-corrected chi connectivity index (χ0v) is 12.6. The van der Waals surface area contributed by atoms with Crippen LogP contribution in [-0.4, -0.2) is 19.8 Å². The van der Waals surface area contributed by atoms with Crippen molar-refractivity contribution in [2.24, 2.45) is 0 Å². The highest BCUT2D eigenvalue weighted by Gasteiger charge is 2.11. The first-order valence-electron chi connectivity index (χ1n) is 7.64. The summed E-state index contributed by atoms with van der Waals surface area (Å²) in [6.07, 6.45) is 3.26. The van der Waals surface area contributed by atoms with E-state index >= 15 is 0 Å². The Bertz CT molecular complexity index is 519. The molecule has 0 radical (unpaired) electrons. The number of rotatable bonds is 9. The molecule has 2 aromatic rings. The maximum Gasteiger partial charge on any atom is 0.134 e. The van der Waals surface area contributed by atoms with E-state index in [1.165, 1.54) is 17.4 Å². The molecular weight excluding hydrogens is 250 g/mol. The van der Waals surface area contributed by atoms with Crippen molar-refractivity contribution in [2.45, 2.75) is 39.7 Å². The lowest BCUT2D eigenvalue weighted by Crippen LogP contribution is -2.19. The average molecular weight is 275 g/mol. The Balaban J connectivity index is 1.86. The van der Waals surface area contributed by atoms with Crippen molar-refractivity contribution in [3.63, 3.8) is 0 Å². The molecule has 0 bridgehead atoms. The molecule has 3 nitrogen and oxygen atoms in total. The van der Waals surface area contributed by atoms with Gasteiger partial charge in [-0.15, -0.1) is 0 Å². The van der Waals surface area contributed by atoms with Crippen LogP contribution < -0.4 is 5.32 Å². The van der Waals surface area contributed by atoms with Crippen molar-refractivity contribution in [1.29, 1.82) is 0 Å². The molecule has 0 unspecified atom stereocenters. The van der Waals surface area contributed by atoms with Crippen molar-refractivity contribution in [2.75, 3.05) is 19.8 Å². The Morgan fingerprint density at radius 2 is 2.00 bits per heavy atom. The van der Waals surface area contributed by atoms with Crippen LogP contribution in [0.4, 0.5) is 0 Å². The molecule has 0 saturated heterocycles. The van der Waals surface area contributed by atoms with Crippen LogP contribution in [0.1, 0.15) is 38.0 Å². The highest BCUT2D eigenvalue weighted by molar-refractivity contribution is 5.82. The van der Waals surface area contributed by atoms with E-state index in [-0.39, 0.29) is 0 Å². The second-order valence-electron chi connectivity index (χ2n) is 5.00. The van der Waals surface area contributed by atoms with E-state index in [0.29, 0.717) is 0 Å². The molecule has 0 aliphatic heterocycles. The van der Waals surface area contributed by atoms with Gasteiger partial charge in [0.05, 0.1) is 6.61 Å². The lowest BCUT2D eigenvalue weighted by atomic mass is 10.1. The van der Waals surface area contributed by atoms with Crippen LogP contribution in [0.15, 0.2) is 28.7 Å². The van der Waals surface area contributed by atoms with Crippen molar-refractivity contribution in [1.82, 2.24) is 5.32 Å². The van der Waals surface area contributed by atoms with Gasteiger partial charge in [0.25, 0.3) is 0 Å². The number of para-hydroxylation sites is 1. The quantitative estimate of drug-likeness (QED) is 0.705. The summed E-state index contributed by atoms with van der Waals surface area (Å²) in [7, 11) is 0. The maximum atomic E-state index is 5.89. The summed E-state index contributed by atoms with van der Waals surface area (Å²) in [5.41, 5.74) is 2.28. The molecule has 1 aromatic carbocycles. The number of furan rings is 1. The van der Waals surface area contributed by atoms with Gasteiger partial charge in [-0.2, -0.15) is 0 Å². The van der Waals surface area contributed by atoms with Crippen LogP contribution in [0, 0.1) is 0 Å². The number of aryl methyl sites for hydroxylation is 1. The summed E-state index contributed by atoms with van der Waals surface area (Å²) in [4.78, 5) is 0. The Hall–Kier alpha value is -1.32. The zero-order chi connectivity index (χ0) is 14.2. The molecular formula is C17H25NO2. The first kappa shape index (κ1) is 15.1. The number of unbranched alkanes of at least 4 members (excludes halogenated alkanes) is 1. The summed E-state index contributed by atoms with van der Waals surface area (Å²) < 4.78 is 11.4. The second-order valence-corrected chi connectivity index (χ2v) is 5.00. The number of fused-ring (bicyclic) bond motifs is 1. The summed E-state index contributed by atoms with van der Waals surface area (Å²) in [6, 6.07) is 8.25. The van der Waals surface area contributed by atoms with E-state index in [1.807, 2.05) is 12.1 Å². The highest BCUT2D eigenvalue weighted by atomic mass is 16.5. The number of benzene rings is 1.